The van der Waals surface area contributed by atoms with Gasteiger partial charge in [0.1, 0.15) is 11.4 Å². The molecule has 2 unspecified atom stereocenters. The van der Waals surface area contributed by atoms with Crippen molar-refractivity contribution in [2.24, 2.45) is 5.92 Å². The Morgan fingerprint density at radius 1 is 0.689 bits per heavy atom. The molecule has 2 fully saturated rings. The van der Waals surface area contributed by atoms with Gasteiger partial charge in [0.15, 0.2) is 0 Å². The minimum atomic E-state index is -4.56. The Bertz CT molecular complexity index is 1500. The van der Waals surface area contributed by atoms with E-state index in [1.54, 1.807) is 12.3 Å². The second kappa shape index (κ2) is 12.1. The van der Waals surface area contributed by atoms with Gasteiger partial charge < -0.3 is 9.84 Å². The van der Waals surface area contributed by atoms with Crippen molar-refractivity contribution in [1.29, 1.82) is 0 Å². The number of hydrogen-bond donors (Lipinski definition) is 1. The maximum atomic E-state index is 13.4. The van der Waals surface area contributed by atoms with Crippen molar-refractivity contribution in [3.05, 3.63) is 125 Å². The van der Waals surface area contributed by atoms with E-state index in [0.29, 0.717) is 31.0 Å². The number of aliphatic hydroxyl groups is 1. The summed E-state index contributed by atoms with van der Waals surface area (Å²) >= 11 is 0. The Labute approximate surface area is 257 Å². The molecule has 0 radical (unpaired) electrons. The number of benzene rings is 3. The molecule has 1 N–H and O–H groups in total. The summed E-state index contributed by atoms with van der Waals surface area (Å²) in [5.41, 5.74) is -1.95. The molecule has 1 aromatic heterocycles. The third-order valence-electron chi connectivity index (χ3n) is 9.17. The first-order chi connectivity index (χ1) is 21.4. The van der Waals surface area contributed by atoms with Gasteiger partial charge in [0, 0.05) is 30.9 Å². The Morgan fingerprint density at radius 2 is 1.20 bits per heavy atom. The van der Waals surface area contributed by atoms with Gasteiger partial charge in [0.2, 0.25) is 5.88 Å². The summed E-state index contributed by atoms with van der Waals surface area (Å²) in [6, 6.07) is 22.0. The lowest BCUT2D eigenvalue weighted by molar-refractivity contribution is -0.138. The SMILES string of the molecule is OC(c1ccc(C(F)(F)F)cc1)(c1ccc(C(F)(F)F)cc1)C1CC2CCCC(C1)N2Cc1ccc(Oc2ccccn2)cc1. The Hall–Kier alpha value is -3.89. The lowest BCUT2D eigenvalue weighted by Crippen LogP contribution is -2.55. The van der Waals surface area contributed by atoms with Crippen LogP contribution in [0.15, 0.2) is 97.2 Å². The lowest BCUT2D eigenvalue weighted by atomic mass is 9.66. The molecule has 2 aliphatic heterocycles. The van der Waals surface area contributed by atoms with E-state index in [4.69, 9.17) is 4.74 Å². The number of ether oxygens (including phenoxy) is 1. The van der Waals surface area contributed by atoms with Crippen LogP contribution in [0.4, 0.5) is 26.3 Å². The van der Waals surface area contributed by atoms with Gasteiger partial charge in [-0.25, -0.2) is 4.98 Å². The molecule has 6 rings (SSSR count). The minimum absolute atomic E-state index is 0.0855. The molecular weight excluding hydrogens is 594 g/mol. The highest BCUT2D eigenvalue weighted by atomic mass is 19.4. The van der Waals surface area contributed by atoms with Crippen LogP contribution in [0.3, 0.4) is 0 Å². The fourth-order valence-electron chi connectivity index (χ4n) is 6.94. The van der Waals surface area contributed by atoms with Crippen LogP contribution in [0.2, 0.25) is 0 Å². The summed E-state index contributed by atoms with van der Waals surface area (Å²) in [5, 5.41) is 12.4. The van der Waals surface area contributed by atoms with E-state index in [1.165, 1.54) is 24.3 Å². The highest BCUT2D eigenvalue weighted by molar-refractivity contribution is 5.41. The predicted octanol–water partition coefficient (Wildman–Crippen LogP) is 8.98. The fraction of sp³-hybridized carbons (Fsp3) is 0.343. The summed E-state index contributed by atoms with van der Waals surface area (Å²) in [4.78, 5) is 6.60. The maximum absolute atomic E-state index is 13.4. The van der Waals surface area contributed by atoms with Crippen molar-refractivity contribution in [1.82, 2.24) is 9.88 Å². The zero-order valence-corrected chi connectivity index (χ0v) is 24.2. The molecule has 2 aliphatic rings. The minimum Gasteiger partial charge on any atom is -0.439 e. The average Bonchev–Trinajstić information content (AvgIpc) is 3.01. The highest BCUT2D eigenvalue weighted by Gasteiger charge is 2.48. The lowest BCUT2D eigenvalue weighted by Gasteiger charge is -2.52. The van der Waals surface area contributed by atoms with Gasteiger partial charge in [-0.15, -0.1) is 0 Å². The van der Waals surface area contributed by atoms with Crippen molar-refractivity contribution in [2.45, 2.75) is 68.7 Å². The van der Waals surface area contributed by atoms with Crippen LogP contribution in [0.1, 0.15) is 59.9 Å². The van der Waals surface area contributed by atoms with Crippen LogP contribution in [0.25, 0.3) is 0 Å². The standard InChI is InChI=1S/C35H32F6N2O2/c36-34(37,38)26-13-9-24(10-14-26)33(44,25-11-15-27(16-12-25)35(39,40)41)28-20-29-4-3-5-30(21-28)43(29)22-23-7-17-31(18-8-23)45-32-6-1-2-19-42-32/h1-2,6-19,28-30,44H,3-5,20-22H2. The summed E-state index contributed by atoms with van der Waals surface area (Å²) in [7, 11) is 0. The third kappa shape index (κ3) is 6.58. The first-order valence-corrected chi connectivity index (χ1v) is 14.9. The van der Waals surface area contributed by atoms with Gasteiger partial charge in [0.25, 0.3) is 0 Å². The first kappa shape index (κ1) is 31.1. The van der Waals surface area contributed by atoms with Crippen molar-refractivity contribution in [3.63, 3.8) is 0 Å². The molecule has 3 heterocycles. The van der Waals surface area contributed by atoms with Gasteiger partial charge in [-0.3, -0.25) is 4.90 Å². The number of alkyl halides is 6. The van der Waals surface area contributed by atoms with Crippen molar-refractivity contribution in [2.75, 3.05) is 0 Å². The Balaban J connectivity index is 1.26. The first-order valence-electron chi connectivity index (χ1n) is 14.9. The monoisotopic (exact) mass is 626 g/mol. The van der Waals surface area contributed by atoms with Crippen molar-refractivity contribution < 1.29 is 36.2 Å². The van der Waals surface area contributed by atoms with Crippen LogP contribution >= 0.6 is 0 Å². The van der Waals surface area contributed by atoms with Gasteiger partial charge in [0.05, 0.1) is 11.1 Å². The van der Waals surface area contributed by atoms with Gasteiger partial charge in [-0.1, -0.05) is 48.9 Å². The zero-order valence-electron chi connectivity index (χ0n) is 24.2. The van der Waals surface area contributed by atoms with Crippen LogP contribution in [-0.2, 0) is 24.5 Å². The third-order valence-corrected chi connectivity index (χ3v) is 9.17. The number of fused-ring (bicyclic) bond motifs is 2. The molecule has 45 heavy (non-hydrogen) atoms. The Morgan fingerprint density at radius 3 is 1.67 bits per heavy atom. The molecule has 2 bridgehead atoms. The largest absolute Gasteiger partial charge is 0.439 e. The molecule has 10 heteroatoms. The molecule has 236 valence electrons. The number of piperidine rings is 2. The zero-order chi connectivity index (χ0) is 31.8. The number of hydrogen-bond acceptors (Lipinski definition) is 4. The normalized spacial score (nSPS) is 21.0. The molecule has 0 amide bonds. The van der Waals surface area contributed by atoms with E-state index in [1.807, 2.05) is 36.4 Å². The van der Waals surface area contributed by atoms with E-state index < -0.39 is 35.0 Å². The second-order valence-electron chi connectivity index (χ2n) is 11.9. The quantitative estimate of drug-likeness (QED) is 0.208. The second-order valence-corrected chi connectivity index (χ2v) is 11.9. The molecular formula is C35H32F6N2O2. The summed E-state index contributed by atoms with van der Waals surface area (Å²) < 4.78 is 86.0. The van der Waals surface area contributed by atoms with E-state index in [2.05, 4.69) is 9.88 Å². The van der Waals surface area contributed by atoms with E-state index in [0.717, 1.165) is 49.1 Å². The molecule has 0 saturated carbocycles. The molecule has 0 spiro atoms. The summed E-state index contributed by atoms with van der Waals surface area (Å²) in [6.45, 7) is 0.672. The smallest absolute Gasteiger partial charge is 0.416 e. The van der Waals surface area contributed by atoms with Gasteiger partial charge >= 0.3 is 12.4 Å². The van der Waals surface area contributed by atoms with Crippen LogP contribution in [0, 0.1) is 5.92 Å². The summed E-state index contributed by atoms with van der Waals surface area (Å²) in [5.74, 6) is 0.733. The maximum Gasteiger partial charge on any atom is 0.416 e. The Kier molecular flexibility index (Phi) is 8.39. The molecule has 0 aliphatic carbocycles. The summed E-state index contributed by atoms with van der Waals surface area (Å²) in [6.07, 6.45) is -3.62. The molecule has 3 aromatic carbocycles. The van der Waals surface area contributed by atoms with Crippen LogP contribution < -0.4 is 4.74 Å². The number of rotatable bonds is 7. The van der Waals surface area contributed by atoms with Crippen LogP contribution in [0.5, 0.6) is 11.6 Å². The topological polar surface area (TPSA) is 45.6 Å². The van der Waals surface area contributed by atoms with Crippen molar-refractivity contribution in [3.8, 4) is 11.6 Å². The molecule has 4 aromatic rings. The van der Waals surface area contributed by atoms with Gasteiger partial charge in [-0.05, 0) is 90.8 Å². The van der Waals surface area contributed by atoms with E-state index >= 15 is 0 Å². The number of pyridine rings is 1. The van der Waals surface area contributed by atoms with E-state index in [-0.39, 0.29) is 23.2 Å². The fourth-order valence-corrected chi connectivity index (χ4v) is 6.94. The molecule has 2 saturated heterocycles. The van der Waals surface area contributed by atoms with Crippen molar-refractivity contribution >= 4 is 0 Å². The van der Waals surface area contributed by atoms with Gasteiger partial charge in [-0.2, -0.15) is 26.3 Å². The average molecular weight is 627 g/mol. The number of halogens is 6. The predicted molar refractivity (Wildman–Crippen MR) is 156 cm³/mol. The number of aromatic nitrogens is 1. The number of nitrogens with zero attached hydrogens (tertiary/aromatic N) is 2. The molecule has 4 nitrogen and oxygen atoms in total. The highest BCUT2D eigenvalue weighted by Crippen LogP contribution is 2.49. The van der Waals surface area contributed by atoms with Crippen LogP contribution in [-0.4, -0.2) is 27.1 Å². The van der Waals surface area contributed by atoms with E-state index in [9.17, 15) is 31.4 Å². The molecule has 2 atom stereocenters.